The molecule has 0 spiro atoms. The highest BCUT2D eigenvalue weighted by molar-refractivity contribution is 5.96. The molecule has 0 saturated heterocycles. The lowest BCUT2D eigenvalue weighted by Gasteiger charge is -2.21. The number of benzene rings is 2. The second-order valence-electron chi connectivity index (χ2n) is 8.81. The van der Waals surface area contributed by atoms with E-state index < -0.39 is 5.60 Å². The molecule has 0 amide bonds. The van der Waals surface area contributed by atoms with Gasteiger partial charge in [-0.05, 0) is 55.7 Å². The Morgan fingerprint density at radius 2 is 1.74 bits per heavy atom. The molecule has 0 aliphatic carbocycles. The Morgan fingerprint density at radius 3 is 2.39 bits per heavy atom. The van der Waals surface area contributed by atoms with Gasteiger partial charge in [-0.1, -0.05) is 38.1 Å². The maximum atomic E-state index is 12.8. The standard InChI is InChI=1S/C26H28N2O3/c1-16(2)22-14-20-21(15-28(5)25(29)24(20)27-22)19-13-17(26(3,4)30)11-12-23(19)31-18-9-7-6-8-10-18/h6-16,27,30H,1-5H3. The average Bonchev–Trinajstić information content (AvgIpc) is 3.17. The number of nitrogens with zero attached hydrogens (tertiary/aromatic N) is 1. The Hall–Kier alpha value is -3.31. The lowest BCUT2D eigenvalue weighted by molar-refractivity contribution is 0.0786. The van der Waals surface area contributed by atoms with Gasteiger partial charge in [-0.2, -0.15) is 0 Å². The van der Waals surface area contributed by atoms with Crippen molar-refractivity contribution in [1.82, 2.24) is 9.55 Å². The van der Waals surface area contributed by atoms with E-state index in [0.29, 0.717) is 11.3 Å². The lowest BCUT2D eigenvalue weighted by Crippen LogP contribution is -2.17. The van der Waals surface area contributed by atoms with E-state index in [0.717, 1.165) is 33.5 Å². The highest BCUT2D eigenvalue weighted by Crippen LogP contribution is 2.39. The fourth-order valence-electron chi connectivity index (χ4n) is 3.71. The van der Waals surface area contributed by atoms with Gasteiger partial charge in [0.05, 0.1) is 5.60 Å². The molecule has 2 N–H and O–H groups in total. The molecule has 4 aromatic rings. The molecule has 2 heterocycles. The maximum Gasteiger partial charge on any atom is 0.274 e. The van der Waals surface area contributed by atoms with Crippen LogP contribution in [0.4, 0.5) is 0 Å². The quantitative estimate of drug-likeness (QED) is 0.440. The summed E-state index contributed by atoms with van der Waals surface area (Å²) in [5.41, 5.74) is 2.95. The van der Waals surface area contributed by atoms with Gasteiger partial charge in [0.1, 0.15) is 17.0 Å². The summed E-state index contributed by atoms with van der Waals surface area (Å²) in [7, 11) is 1.75. The molecule has 0 bridgehead atoms. The predicted octanol–water partition coefficient (Wildman–Crippen LogP) is 5.68. The number of aryl methyl sites for hydroxylation is 1. The zero-order valence-corrected chi connectivity index (χ0v) is 18.6. The smallest absolute Gasteiger partial charge is 0.274 e. The van der Waals surface area contributed by atoms with Crippen LogP contribution in [0.25, 0.3) is 22.0 Å². The minimum absolute atomic E-state index is 0.0742. The molecule has 31 heavy (non-hydrogen) atoms. The van der Waals surface area contributed by atoms with Crippen molar-refractivity contribution >= 4 is 10.9 Å². The van der Waals surface area contributed by atoms with Gasteiger partial charge in [-0.15, -0.1) is 0 Å². The monoisotopic (exact) mass is 416 g/mol. The van der Waals surface area contributed by atoms with Crippen molar-refractivity contribution in [3.8, 4) is 22.6 Å². The Bertz CT molecular complexity index is 1290. The summed E-state index contributed by atoms with van der Waals surface area (Å²) < 4.78 is 7.81. The minimum Gasteiger partial charge on any atom is -0.457 e. The van der Waals surface area contributed by atoms with E-state index >= 15 is 0 Å². The second kappa shape index (κ2) is 7.75. The number of H-pyrrole nitrogens is 1. The average molecular weight is 417 g/mol. The van der Waals surface area contributed by atoms with E-state index in [1.165, 1.54) is 0 Å². The van der Waals surface area contributed by atoms with Gasteiger partial charge < -0.3 is 19.4 Å². The van der Waals surface area contributed by atoms with Crippen LogP contribution in [0.1, 0.15) is 44.9 Å². The van der Waals surface area contributed by atoms with Crippen LogP contribution in [-0.2, 0) is 12.6 Å². The van der Waals surface area contributed by atoms with Crippen molar-refractivity contribution < 1.29 is 9.84 Å². The molecule has 4 rings (SSSR count). The van der Waals surface area contributed by atoms with Crippen LogP contribution in [0.2, 0.25) is 0 Å². The van der Waals surface area contributed by atoms with Crippen molar-refractivity contribution in [1.29, 1.82) is 0 Å². The number of aliphatic hydroxyl groups is 1. The third-order valence-electron chi connectivity index (χ3n) is 5.55. The minimum atomic E-state index is -1.01. The lowest BCUT2D eigenvalue weighted by atomic mass is 9.93. The molecule has 0 saturated carbocycles. The van der Waals surface area contributed by atoms with E-state index in [-0.39, 0.29) is 11.5 Å². The van der Waals surface area contributed by atoms with E-state index in [1.54, 1.807) is 25.5 Å². The molecule has 0 aliphatic heterocycles. The summed E-state index contributed by atoms with van der Waals surface area (Å²) >= 11 is 0. The number of pyridine rings is 1. The fraction of sp³-hybridized carbons (Fsp3) is 0.269. The number of fused-ring (bicyclic) bond motifs is 1. The summed E-state index contributed by atoms with van der Waals surface area (Å²) in [6.45, 7) is 7.70. The highest BCUT2D eigenvalue weighted by Gasteiger charge is 2.22. The summed E-state index contributed by atoms with van der Waals surface area (Å²) in [5.74, 6) is 1.64. The third-order valence-corrected chi connectivity index (χ3v) is 5.55. The first-order valence-electron chi connectivity index (χ1n) is 10.5. The van der Waals surface area contributed by atoms with Crippen LogP contribution >= 0.6 is 0 Å². The number of nitrogens with one attached hydrogen (secondary N) is 1. The summed E-state index contributed by atoms with van der Waals surface area (Å²) in [6.07, 6.45) is 1.84. The first kappa shape index (κ1) is 20.9. The molecular weight excluding hydrogens is 388 g/mol. The molecule has 0 fully saturated rings. The number of hydrogen-bond acceptors (Lipinski definition) is 3. The molecule has 0 aliphatic rings. The number of para-hydroxylation sites is 1. The number of ether oxygens (including phenoxy) is 1. The number of hydrogen-bond donors (Lipinski definition) is 2. The first-order valence-corrected chi connectivity index (χ1v) is 10.5. The Balaban J connectivity index is 2.00. The fourth-order valence-corrected chi connectivity index (χ4v) is 3.71. The Kier molecular flexibility index (Phi) is 5.23. The zero-order chi connectivity index (χ0) is 22.3. The summed E-state index contributed by atoms with van der Waals surface area (Å²) in [5, 5.41) is 11.5. The van der Waals surface area contributed by atoms with Gasteiger partial charge in [-0.25, -0.2) is 0 Å². The molecule has 5 heteroatoms. The Morgan fingerprint density at radius 1 is 1.03 bits per heavy atom. The number of rotatable bonds is 5. The van der Waals surface area contributed by atoms with Gasteiger partial charge in [-0.3, -0.25) is 4.79 Å². The molecule has 2 aromatic heterocycles. The Labute approximate surface area is 181 Å². The van der Waals surface area contributed by atoms with Gasteiger partial charge in [0.2, 0.25) is 0 Å². The zero-order valence-electron chi connectivity index (χ0n) is 18.6. The van der Waals surface area contributed by atoms with E-state index in [4.69, 9.17) is 4.74 Å². The van der Waals surface area contributed by atoms with E-state index in [1.807, 2.05) is 60.8 Å². The van der Waals surface area contributed by atoms with Crippen LogP contribution in [0.15, 0.2) is 65.6 Å². The van der Waals surface area contributed by atoms with Gasteiger partial charge >= 0.3 is 0 Å². The van der Waals surface area contributed by atoms with Crippen molar-refractivity contribution in [3.05, 3.63) is 82.4 Å². The number of aromatic nitrogens is 2. The molecule has 0 unspecified atom stereocenters. The van der Waals surface area contributed by atoms with Crippen LogP contribution in [0, 0.1) is 0 Å². The number of aromatic amines is 1. The van der Waals surface area contributed by atoms with Crippen LogP contribution in [0.5, 0.6) is 11.5 Å². The second-order valence-corrected chi connectivity index (χ2v) is 8.81. The molecule has 2 aromatic carbocycles. The van der Waals surface area contributed by atoms with E-state index in [2.05, 4.69) is 18.8 Å². The normalized spacial score (nSPS) is 12.0. The maximum absolute atomic E-state index is 12.8. The molecule has 160 valence electrons. The largest absolute Gasteiger partial charge is 0.457 e. The predicted molar refractivity (Wildman–Crippen MR) is 125 cm³/mol. The van der Waals surface area contributed by atoms with Crippen molar-refractivity contribution in [2.45, 2.75) is 39.2 Å². The summed E-state index contributed by atoms with van der Waals surface area (Å²) in [4.78, 5) is 16.1. The van der Waals surface area contributed by atoms with Gasteiger partial charge in [0.25, 0.3) is 5.56 Å². The van der Waals surface area contributed by atoms with Crippen LogP contribution in [-0.4, -0.2) is 14.7 Å². The van der Waals surface area contributed by atoms with E-state index in [9.17, 15) is 9.90 Å². The SMILES string of the molecule is CC(C)c1cc2c(-c3cc(C(C)(C)O)ccc3Oc3ccccc3)cn(C)c(=O)c2[nH]1. The highest BCUT2D eigenvalue weighted by atomic mass is 16.5. The third kappa shape index (κ3) is 4.01. The topological polar surface area (TPSA) is 67.2 Å². The summed E-state index contributed by atoms with van der Waals surface area (Å²) in [6, 6.07) is 17.3. The molecule has 0 atom stereocenters. The van der Waals surface area contributed by atoms with Crippen molar-refractivity contribution in [2.75, 3.05) is 0 Å². The van der Waals surface area contributed by atoms with Crippen molar-refractivity contribution in [2.24, 2.45) is 7.05 Å². The molecular formula is C26H28N2O3. The van der Waals surface area contributed by atoms with Crippen LogP contribution in [0.3, 0.4) is 0 Å². The van der Waals surface area contributed by atoms with Gasteiger partial charge in [0.15, 0.2) is 0 Å². The first-order chi connectivity index (χ1) is 14.6. The van der Waals surface area contributed by atoms with Crippen molar-refractivity contribution in [3.63, 3.8) is 0 Å². The molecule has 5 nitrogen and oxygen atoms in total. The molecule has 0 radical (unpaired) electrons. The van der Waals surface area contributed by atoms with Gasteiger partial charge in [0, 0.05) is 35.5 Å². The van der Waals surface area contributed by atoms with Crippen LogP contribution < -0.4 is 10.3 Å².